The van der Waals surface area contributed by atoms with Crippen LogP contribution in [0, 0.1) is 12.8 Å². The number of aryl methyl sites for hydroxylation is 2. The fourth-order valence-corrected chi connectivity index (χ4v) is 5.92. The number of rotatable bonds is 6. The van der Waals surface area contributed by atoms with Gasteiger partial charge in [-0.1, -0.05) is 24.4 Å². The number of oxime groups is 1. The molecule has 0 radical (unpaired) electrons. The monoisotopic (exact) mass is 439 g/mol. The molecule has 0 aromatic carbocycles. The van der Waals surface area contributed by atoms with Crippen molar-refractivity contribution < 1.29 is 9.57 Å². The fourth-order valence-electron chi connectivity index (χ4n) is 5.92. The third-order valence-corrected chi connectivity index (χ3v) is 7.77. The Hall–Kier alpha value is -2.15. The van der Waals surface area contributed by atoms with Crippen molar-refractivity contribution in [1.82, 2.24) is 14.8 Å². The molecule has 2 saturated carbocycles. The number of methoxy groups -OCH3 is 1. The van der Waals surface area contributed by atoms with Gasteiger partial charge in [0, 0.05) is 38.3 Å². The minimum Gasteiger partial charge on any atom is -0.389 e. The average Bonchev–Trinajstić information content (AvgIpc) is 3.40. The maximum Gasteiger partial charge on any atom is 0.160 e. The van der Waals surface area contributed by atoms with Crippen molar-refractivity contribution in [1.29, 1.82) is 0 Å². The minimum atomic E-state index is -0.156. The van der Waals surface area contributed by atoms with E-state index >= 15 is 0 Å². The molecule has 3 heterocycles. The van der Waals surface area contributed by atoms with Gasteiger partial charge in [0.2, 0.25) is 0 Å². The van der Waals surface area contributed by atoms with Crippen molar-refractivity contribution in [3.8, 4) is 0 Å². The normalized spacial score (nSPS) is 26.5. The molecule has 1 spiro atoms. The smallest absolute Gasteiger partial charge is 0.160 e. The van der Waals surface area contributed by atoms with E-state index in [-0.39, 0.29) is 5.60 Å². The SMILES string of the molecule is CCn1ncc2c(NC3CCCCC3)c(C3=NOC4(CCC(COC)CC4)C3)c(C)nc21. The number of nitrogens with zero attached hydrogens (tertiary/aromatic N) is 4. The van der Waals surface area contributed by atoms with Crippen LogP contribution in [0.5, 0.6) is 0 Å². The number of aromatic nitrogens is 3. The maximum absolute atomic E-state index is 6.18. The van der Waals surface area contributed by atoms with Gasteiger partial charge in [0.1, 0.15) is 5.60 Å². The number of anilines is 1. The van der Waals surface area contributed by atoms with Crippen molar-refractivity contribution in [3.63, 3.8) is 0 Å². The van der Waals surface area contributed by atoms with Gasteiger partial charge in [-0.05, 0) is 58.3 Å². The van der Waals surface area contributed by atoms with E-state index in [0.717, 1.165) is 78.9 Å². The fraction of sp³-hybridized carbons (Fsp3) is 0.720. The number of ether oxygens (including phenoxy) is 1. The number of fused-ring (bicyclic) bond motifs is 1. The van der Waals surface area contributed by atoms with Crippen LogP contribution in [0.1, 0.15) is 82.4 Å². The summed E-state index contributed by atoms with van der Waals surface area (Å²) in [7, 11) is 1.80. The zero-order valence-electron chi connectivity index (χ0n) is 19.8. The minimum absolute atomic E-state index is 0.156. The number of hydrogen-bond acceptors (Lipinski definition) is 6. The highest BCUT2D eigenvalue weighted by Gasteiger charge is 2.43. The Morgan fingerprint density at radius 3 is 2.69 bits per heavy atom. The molecule has 0 unspecified atom stereocenters. The molecule has 0 bridgehead atoms. The van der Waals surface area contributed by atoms with Gasteiger partial charge in [0.25, 0.3) is 0 Å². The molecular formula is C25H37N5O2. The van der Waals surface area contributed by atoms with Gasteiger partial charge in [-0.15, -0.1) is 0 Å². The van der Waals surface area contributed by atoms with Gasteiger partial charge in [-0.3, -0.25) is 0 Å². The summed E-state index contributed by atoms with van der Waals surface area (Å²) < 4.78 is 7.37. The second kappa shape index (κ2) is 9.00. The lowest BCUT2D eigenvalue weighted by molar-refractivity contribution is -0.0599. The molecule has 174 valence electrons. The molecule has 32 heavy (non-hydrogen) atoms. The second-order valence-electron chi connectivity index (χ2n) is 10.0. The molecule has 2 aliphatic carbocycles. The van der Waals surface area contributed by atoms with Crippen LogP contribution in [0.3, 0.4) is 0 Å². The number of pyridine rings is 1. The quantitative estimate of drug-likeness (QED) is 0.669. The summed E-state index contributed by atoms with van der Waals surface area (Å²) in [6.45, 7) is 5.88. The van der Waals surface area contributed by atoms with Crippen molar-refractivity contribution in [3.05, 3.63) is 17.5 Å². The van der Waals surface area contributed by atoms with E-state index in [1.165, 1.54) is 32.1 Å². The topological polar surface area (TPSA) is 73.6 Å². The van der Waals surface area contributed by atoms with E-state index in [1.54, 1.807) is 7.11 Å². The molecule has 1 aliphatic heterocycles. The first-order valence-corrected chi connectivity index (χ1v) is 12.5. The largest absolute Gasteiger partial charge is 0.389 e. The molecule has 0 saturated heterocycles. The maximum atomic E-state index is 6.18. The standard InChI is InChI=1S/C25H37N5O2/c1-4-30-24-20(15-26-30)23(28-19-8-6-5-7-9-19)22(17(2)27-24)21-14-25(32-29-21)12-10-18(11-13-25)16-31-3/h15,18-19H,4-14,16H2,1-3H3,(H,27,28). The predicted octanol–water partition coefficient (Wildman–Crippen LogP) is 5.20. The summed E-state index contributed by atoms with van der Waals surface area (Å²) in [5.41, 5.74) is 5.15. The lowest BCUT2D eigenvalue weighted by Crippen LogP contribution is -2.35. The Balaban J connectivity index is 1.47. The predicted molar refractivity (Wildman–Crippen MR) is 127 cm³/mol. The van der Waals surface area contributed by atoms with Crippen LogP contribution in [-0.2, 0) is 16.1 Å². The average molecular weight is 440 g/mol. The molecule has 0 amide bonds. The van der Waals surface area contributed by atoms with E-state index in [2.05, 4.69) is 29.4 Å². The van der Waals surface area contributed by atoms with Crippen LogP contribution in [0.4, 0.5) is 5.69 Å². The Bertz CT molecular complexity index is 984. The Kier molecular flexibility index (Phi) is 6.10. The van der Waals surface area contributed by atoms with E-state index < -0.39 is 0 Å². The van der Waals surface area contributed by atoms with Gasteiger partial charge in [-0.25, -0.2) is 9.67 Å². The van der Waals surface area contributed by atoms with E-state index in [4.69, 9.17) is 14.6 Å². The number of hydrogen-bond donors (Lipinski definition) is 1. The van der Waals surface area contributed by atoms with Gasteiger partial charge in [0.05, 0.1) is 28.7 Å². The van der Waals surface area contributed by atoms with E-state index in [0.29, 0.717) is 12.0 Å². The summed E-state index contributed by atoms with van der Waals surface area (Å²) in [6.07, 6.45) is 13.6. The van der Waals surface area contributed by atoms with Crippen LogP contribution in [0.2, 0.25) is 0 Å². The molecule has 7 nitrogen and oxygen atoms in total. The molecule has 3 aliphatic rings. The first-order valence-electron chi connectivity index (χ1n) is 12.5. The lowest BCUT2D eigenvalue weighted by atomic mass is 9.76. The summed E-state index contributed by atoms with van der Waals surface area (Å²) >= 11 is 0. The molecule has 2 aromatic rings. The van der Waals surface area contributed by atoms with E-state index in [9.17, 15) is 0 Å². The molecule has 7 heteroatoms. The zero-order chi connectivity index (χ0) is 22.1. The number of nitrogens with one attached hydrogen (secondary N) is 1. The van der Waals surface area contributed by atoms with Crippen molar-refractivity contribution >= 4 is 22.4 Å². The van der Waals surface area contributed by atoms with Crippen molar-refractivity contribution in [2.24, 2.45) is 11.1 Å². The highest BCUT2D eigenvalue weighted by atomic mass is 16.7. The summed E-state index contributed by atoms with van der Waals surface area (Å²) in [5.74, 6) is 0.640. The van der Waals surface area contributed by atoms with Crippen LogP contribution >= 0.6 is 0 Å². The molecular weight excluding hydrogens is 402 g/mol. The second-order valence-corrected chi connectivity index (χ2v) is 10.0. The highest BCUT2D eigenvalue weighted by molar-refractivity contribution is 6.11. The van der Waals surface area contributed by atoms with Crippen molar-refractivity contribution in [2.45, 2.75) is 96.2 Å². The molecule has 2 aromatic heterocycles. The van der Waals surface area contributed by atoms with Gasteiger partial charge >= 0.3 is 0 Å². The van der Waals surface area contributed by atoms with Crippen LogP contribution < -0.4 is 5.32 Å². The Morgan fingerprint density at radius 2 is 1.97 bits per heavy atom. The highest BCUT2D eigenvalue weighted by Crippen LogP contribution is 2.43. The zero-order valence-corrected chi connectivity index (χ0v) is 19.8. The molecule has 0 atom stereocenters. The van der Waals surface area contributed by atoms with Crippen molar-refractivity contribution in [2.75, 3.05) is 19.0 Å². The van der Waals surface area contributed by atoms with Gasteiger partial charge in [0.15, 0.2) is 5.65 Å². The van der Waals surface area contributed by atoms with Crippen LogP contribution in [0.25, 0.3) is 11.0 Å². The summed E-state index contributed by atoms with van der Waals surface area (Å²) in [5, 5.41) is 14.3. The third kappa shape index (κ3) is 4.00. The Labute approximate surface area is 190 Å². The van der Waals surface area contributed by atoms with Crippen LogP contribution in [0.15, 0.2) is 11.4 Å². The molecule has 1 N–H and O–H groups in total. The van der Waals surface area contributed by atoms with Gasteiger partial charge in [-0.2, -0.15) is 5.10 Å². The third-order valence-electron chi connectivity index (χ3n) is 7.77. The van der Waals surface area contributed by atoms with Gasteiger partial charge < -0.3 is 14.9 Å². The molecule has 5 rings (SSSR count). The summed E-state index contributed by atoms with van der Waals surface area (Å²) in [6, 6.07) is 0.499. The van der Waals surface area contributed by atoms with E-state index in [1.807, 2.05) is 10.9 Å². The first kappa shape index (κ1) is 21.7. The lowest BCUT2D eigenvalue weighted by Gasteiger charge is -2.34. The first-order chi connectivity index (χ1) is 15.6. The summed E-state index contributed by atoms with van der Waals surface area (Å²) in [4.78, 5) is 11.2. The molecule has 2 fully saturated rings. The van der Waals surface area contributed by atoms with Crippen LogP contribution in [-0.4, -0.2) is 45.8 Å². The Morgan fingerprint density at radius 1 is 1.19 bits per heavy atom.